The summed E-state index contributed by atoms with van der Waals surface area (Å²) in [5, 5.41) is 0.350. The van der Waals surface area contributed by atoms with Crippen molar-refractivity contribution in [1.29, 1.82) is 0 Å². The Morgan fingerprint density at radius 1 is 1.18 bits per heavy atom. The maximum absolute atomic E-state index is 6.32. The number of ether oxygens (including phenoxy) is 2. The van der Waals surface area contributed by atoms with E-state index in [0.717, 1.165) is 30.3 Å². The van der Waals surface area contributed by atoms with E-state index in [1.165, 1.54) is 18.4 Å². The molecule has 1 fully saturated rings. The fourth-order valence-corrected chi connectivity index (χ4v) is 2.60. The van der Waals surface area contributed by atoms with Gasteiger partial charge in [0.2, 0.25) is 0 Å². The molecule has 2 nitrogen and oxygen atoms in total. The van der Waals surface area contributed by atoms with Crippen molar-refractivity contribution in [1.82, 2.24) is 0 Å². The zero-order valence-corrected chi connectivity index (χ0v) is 10.6. The summed E-state index contributed by atoms with van der Waals surface area (Å²) in [5.74, 6) is 2.52. The van der Waals surface area contributed by atoms with E-state index in [2.05, 4.69) is 12.1 Å². The summed E-state index contributed by atoms with van der Waals surface area (Å²) in [6.45, 7) is 1.30. The normalized spacial score (nSPS) is 20.1. The SMILES string of the molecule is ClC(CCc1ccc2c(c1)OCCO2)C1CC1. The summed E-state index contributed by atoms with van der Waals surface area (Å²) in [5.41, 5.74) is 1.29. The van der Waals surface area contributed by atoms with E-state index in [0.29, 0.717) is 18.6 Å². The lowest BCUT2D eigenvalue weighted by atomic mass is 10.1. The van der Waals surface area contributed by atoms with Gasteiger partial charge in [0.05, 0.1) is 0 Å². The van der Waals surface area contributed by atoms with Gasteiger partial charge in [0.25, 0.3) is 0 Å². The van der Waals surface area contributed by atoms with Crippen LogP contribution in [0.3, 0.4) is 0 Å². The van der Waals surface area contributed by atoms with Crippen molar-refractivity contribution >= 4 is 11.6 Å². The second-order valence-corrected chi connectivity index (χ2v) is 5.43. The second-order valence-electron chi connectivity index (χ2n) is 4.87. The number of fused-ring (bicyclic) bond motifs is 1. The molecular formula is C14H17ClO2. The Morgan fingerprint density at radius 2 is 1.94 bits per heavy atom. The molecule has 1 aromatic carbocycles. The van der Waals surface area contributed by atoms with Gasteiger partial charge in [0.1, 0.15) is 13.2 Å². The molecule has 0 saturated heterocycles. The molecule has 0 bridgehead atoms. The van der Waals surface area contributed by atoms with E-state index in [1.54, 1.807) is 0 Å². The zero-order chi connectivity index (χ0) is 11.7. The molecule has 0 spiro atoms. The summed E-state index contributed by atoms with van der Waals surface area (Å²) in [6, 6.07) is 6.21. The minimum absolute atomic E-state index is 0.350. The first-order valence-electron chi connectivity index (χ1n) is 6.35. The molecule has 1 aliphatic heterocycles. The lowest BCUT2D eigenvalue weighted by Crippen LogP contribution is -2.15. The maximum Gasteiger partial charge on any atom is 0.161 e. The number of aryl methyl sites for hydroxylation is 1. The highest BCUT2D eigenvalue weighted by Crippen LogP contribution is 2.38. The fourth-order valence-electron chi connectivity index (χ4n) is 2.24. The van der Waals surface area contributed by atoms with Crippen molar-refractivity contribution < 1.29 is 9.47 Å². The van der Waals surface area contributed by atoms with Crippen molar-refractivity contribution in [3.63, 3.8) is 0 Å². The Kier molecular flexibility index (Phi) is 3.15. The third-order valence-corrected chi connectivity index (χ3v) is 4.02. The Labute approximate surface area is 107 Å². The lowest BCUT2D eigenvalue weighted by Gasteiger charge is -2.19. The second kappa shape index (κ2) is 4.77. The molecule has 1 aliphatic carbocycles. The molecule has 1 saturated carbocycles. The number of hydrogen-bond acceptors (Lipinski definition) is 2. The van der Waals surface area contributed by atoms with Crippen LogP contribution in [0.4, 0.5) is 0 Å². The molecule has 0 N–H and O–H groups in total. The van der Waals surface area contributed by atoms with Gasteiger partial charge >= 0.3 is 0 Å². The van der Waals surface area contributed by atoms with Crippen LogP contribution >= 0.6 is 11.6 Å². The van der Waals surface area contributed by atoms with Crippen molar-refractivity contribution in [2.75, 3.05) is 13.2 Å². The first kappa shape index (κ1) is 11.2. The molecule has 3 heteroatoms. The molecule has 0 aromatic heterocycles. The van der Waals surface area contributed by atoms with Crippen LogP contribution in [0, 0.1) is 5.92 Å². The molecule has 0 amide bonds. The number of benzene rings is 1. The third-order valence-electron chi connectivity index (χ3n) is 3.45. The molecule has 17 heavy (non-hydrogen) atoms. The van der Waals surface area contributed by atoms with Gasteiger partial charge in [-0.1, -0.05) is 6.07 Å². The van der Waals surface area contributed by atoms with Gasteiger partial charge in [-0.15, -0.1) is 11.6 Å². The minimum atomic E-state index is 0.350. The number of halogens is 1. The summed E-state index contributed by atoms with van der Waals surface area (Å²) >= 11 is 6.32. The van der Waals surface area contributed by atoms with Crippen molar-refractivity contribution in [3.05, 3.63) is 23.8 Å². The van der Waals surface area contributed by atoms with Crippen LogP contribution in [0.25, 0.3) is 0 Å². The number of hydrogen-bond donors (Lipinski definition) is 0. The van der Waals surface area contributed by atoms with Crippen LogP contribution in [0.5, 0.6) is 11.5 Å². The quantitative estimate of drug-likeness (QED) is 0.765. The Morgan fingerprint density at radius 3 is 2.71 bits per heavy atom. The minimum Gasteiger partial charge on any atom is -0.486 e. The Balaban J connectivity index is 1.62. The van der Waals surface area contributed by atoms with Gasteiger partial charge in [0, 0.05) is 5.38 Å². The standard InChI is InChI=1S/C14H17ClO2/c15-12(11-3-4-11)5-1-10-2-6-13-14(9-10)17-8-7-16-13/h2,6,9,11-12H,1,3-5,7-8H2. The van der Waals surface area contributed by atoms with Crippen LogP contribution < -0.4 is 9.47 Å². The molecule has 3 rings (SSSR count). The first-order chi connectivity index (χ1) is 8.33. The van der Waals surface area contributed by atoms with Crippen LogP contribution in [0.1, 0.15) is 24.8 Å². The zero-order valence-electron chi connectivity index (χ0n) is 9.82. The van der Waals surface area contributed by atoms with Gasteiger partial charge in [-0.25, -0.2) is 0 Å². The summed E-state index contributed by atoms with van der Waals surface area (Å²) < 4.78 is 11.1. The Bertz CT molecular complexity index is 401. The largest absolute Gasteiger partial charge is 0.486 e. The van der Waals surface area contributed by atoms with E-state index in [-0.39, 0.29) is 0 Å². The topological polar surface area (TPSA) is 18.5 Å². The van der Waals surface area contributed by atoms with Crippen LogP contribution in [0.15, 0.2) is 18.2 Å². The molecule has 92 valence electrons. The van der Waals surface area contributed by atoms with Crippen LogP contribution in [0.2, 0.25) is 0 Å². The van der Waals surface area contributed by atoms with E-state index < -0.39 is 0 Å². The lowest BCUT2D eigenvalue weighted by molar-refractivity contribution is 0.171. The summed E-state index contributed by atoms with van der Waals surface area (Å²) in [4.78, 5) is 0. The van der Waals surface area contributed by atoms with Crippen LogP contribution in [-0.4, -0.2) is 18.6 Å². The molecule has 1 atom stereocenters. The molecule has 1 aromatic rings. The van der Waals surface area contributed by atoms with Gasteiger partial charge < -0.3 is 9.47 Å². The van der Waals surface area contributed by atoms with E-state index in [9.17, 15) is 0 Å². The monoisotopic (exact) mass is 252 g/mol. The number of rotatable bonds is 4. The number of alkyl halides is 1. The van der Waals surface area contributed by atoms with Gasteiger partial charge in [0.15, 0.2) is 11.5 Å². The average Bonchev–Trinajstić information content (AvgIpc) is 3.20. The highest BCUT2D eigenvalue weighted by atomic mass is 35.5. The van der Waals surface area contributed by atoms with E-state index >= 15 is 0 Å². The maximum atomic E-state index is 6.32. The third kappa shape index (κ3) is 2.68. The predicted octanol–water partition coefficient (Wildman–Crippen LogP) is 3.41. The fraction of sp³-hybridized carbons (Fsp3) is 0.571. The molecular weight excluding hydrogens is 236 g/mol. The van der Waals surface area contributed by atoms with Crippen molar-refractivity contribution in [3.8, 4) is 11.5 Å². The highest BCUT2D eigenvalue weighted by molar-refractivity contribution is 6.20. The van der Waals surface area contributed by atoms with Gasteiger partial charge in [-0.2, -0.15) is 0 Å². The summed E-state index contributed by atoms with van der Waals surface area (Å²) in [6.07, 6.45) is 4.72. The molecule has 1 unspecified atom stereocenters. The molecule has 2 aliphatic rings. The van der Waals surface area contributed by atoms with E-state index in [1.807, 2.05) is 6.07 Å². The average molecular weight is 253 g/mol. The van der Waals surface area contributed by atoms with Crippen molar-refractivity contribution in [2.24, 2.45) is 5.92 Å². The smallest absolute Gasteiger partial charge is 0.161 e. The molecule has 0 radical (unpaired) electrons. The predicted molar refractivity (Wildman–Crippen MR) is 68.1 cm³/mol. The Hall–Kier alpha value is -0.890. The van der Waals surface area contributed by atoms with Gasteiger partial charge in [-0.3, -0.25) is 0 Å². The first-order valence-corrected chi connectivity index (χ1v) is 6.79. The summed E-state index contributed by atoms with van der Waals surface area (Å²) in [7, 11) is 0. The van der Waals surface area contributed by atoms with Crippen LogP contribution in [-0.2, 0) is 6.42 Å². The molecule has 1 heterocycles. The van der Waals surface area contributed by atoms with E-state index in [4.69, 9.17) is 21.1 Å². The van der Waals surface area contributed by atoms with Gasteiger partial charge in [-0.05, 0) is 49.3 Å². The highest BCUT2D eigenvalue weighted by Gasteiger charge is 2.29. The van der Waals surface area contributed by atoms with Crippen molar-refractivity contribution in [2.45, 2.75) is 31.1 Å².